The summed E-state index contributed by atoms with van der Waals surface area (Å²) < 4.78 is 4.86. The molecule has 1 atom stereocenters. The predicted molar refractivity (Wildman–Crippen MR) is 135 cm³/mol. The van der Waals surface area contributed by atoms with E-state index >= 15 is 0 Å². The average molecular weight is 467 g/mol. The first-order valence-electron chi connectivity index (χ1n) is 11.5. The molecule has 0 fully saturated rings. The number of nitrogens with zero attached hydrogens (tertiary/aromatic N) is 5. The molecule has 0 spiro atoms. The Morgan fingerprint density at radius 2 is 1.63 bits per heavy atom. The molecule has 35 heavy (non-hydrogen) atoms. The first-order valence-corrected chi connectivity index (χ1v) is 11.5. The lowest BCUT2D eigenvalue weighted by atomic mass is 10.1. The van der Waals surface area contributed by atoms with Gasteiger partial charge in [-0.25, -0.2) is 9.36 Å². The zero-order chi connectivity index (χ0) is 24.5. The van der Waals surface area contributed by atoms with Crippen molar-refractivity contribution in [3.8, 4) is 11.5 Å². The molecule has 8 nitrogen and oxygen atoms in total. The number of hydrogen-bond donors (Lipinski definition) is 1. The number of fused-ring (bicyclic) bond motifs is 1. The molecular formula is C27H26N6O2. The number of carbonyl (C=O) groups is 1. The number of para-hydroxylation sites is 1. The van der Waals surface area contributed by atoms with E-state index in [0.29, 0.717) is 29.0 Å². The number of aryl methyl sites for hydroxylation is 2. The third-order valence-corrected chi connectivity index (χ3v) is 6.19. The fraction of sp³-hybridized carbons (Fsp3) is 0.185. The lowest BCUT2D eigenvalue weighted by molar-refractivity contribution is -0.124. The minimum Gasteiger partial charge on any atom is -0.350 e. The molecule has 5 rings (SSSR count). The maximum Gasteiger partial charge on any atom is 0.280 e. The van der Waals surface area contributed by atoms with Crippen LogP contribution in [0.25, 0.3) is 22.4 Å². The summed E-state index contributed by atoms with van der Waals surface area (Å²) in [5, 5.41) is 12.6. The Balaban J connectivity index is 1.59. The third-order valence-electron chi connectivity index (χ3n) is 6.19. The molecule has 176 valence electrons. The van der Waals surface area contributed by atoms with Crippen molar-refractivity contribution >= 4 is 16.8 Å². The van der Waals surface area contributed by atoms with Crippen molar-refractivity contribution in [3.63, 3.8) is 0 Å². The Morgan fingerprint density at radius 1 is 0.943 bits per heavy atom. The van der Waals surface area contributed by atoms with Crippen molar-refractivity contribution in [2.24, 2.45) is 0 Å². The number of amides is 1. The molecule has 2 aromatic carbocycles. The van der Waals surface area contributed by atoms with E-state index in [4.69, 9.17) is 5.10 Å². The quantitative estimate of drug-likeness (QED) is 0.412. The van der Waals surface area contributed by atoms with Crippen molar-refractivity contribution in [2.75, 3.05) is 0 Å². The average Bonchev–Trinajstić information content (AvgIpc) is 3.54. The summed E-state index contributed by atoms with van der Waals surface area (Å²) in [6, 6.07) is 20.5. The number of hydrogen-bond acceptors (Lipinski definition) is 4. The smallest absolute Gasteiger partial charge is 0.280 e. The topological polar surface area (TPSA) is 86.7 Å². The van der Waals surface area contributed by atoms with E-state index in [1.165, 1.54) is 4.68 Å². The van der Waals surface area contributed by atoms with Crippen LogP contribution < -0.4 is 10.9 Å². The summed E-state index contributed by atoms with van der Waals surface area (Å²) in [5.74, 6) is 0.326. The Labute approximate surface area is 202 Å². The molecule has 0 unspecified atom stereocenters. The summed E-state index contributed by atoms with van der Waals surface area (Å²) in [7, 11) is 0. The van der Waals surface area contributed by atoms with Gasteiger partial charge in [0.05, 0.1) is 11.4 Å². The van der Waals surface area contributed by atoms with Crippen LogP contribution in [0.15, 0.2) is 83.9 Å². The third kappa shape index (κ3) is 4.03. The molecule has 3 aromatic heterocycles. The minimum absolute atomic E-state index is 0.278. The normalized spacial score (nSPS) is 12.1. The molecule has 1 N–H and O–H groups in total. The Morgan fingerprint density at radius 3 is 2.34 bits per heavy atom. The van der Waals surface area contributed by atoms with Gasteiger partial charge in [0.1, 0.15) is 16.9 Å². The predicted octanol–water partition coefficient (Wildman–Crippen LogP) is 3.87. The van der Waals surface area contributed by atoms with Gasteiger partial charge in [-0.2, -0.15) is 10.2 Å². The van der Waals surface area contributed by atoms with E-state index in [-0.39, 0.29) is 11.5 Å². The molecule has 0 aliphatic carbocycles. The van der Waals surface area contributed by atoms with Crippen LogP contribution >= 0.6 is 0 Å². The van der Waals surface area contributed by atoms with Crippen molar-refractivity contribution < 1.29 is 4.79 Å². The van der Waals surface area contributed by atoms with Gasteiger partial charge in [0.15, 0.2) is 5.82 Å². The SMILES string of the molecule is Cc1ccccc1CNC(=O)[C@H](C)n1nc(C)c2nn(-c3ccccc3)c(-n3cccc3)c2c1=O. The van der Waals surface area contributed by atoms with Crippen LogP contribution in [0.3, 0.4) is 0 Å². The van der Waals surface area contributed by atoms with Crippen molar-refractivity contribution in [3.05, 3.63) is 106 Å². The van der Waals surface area contributed by atoms with Crippen LogP contribution in [0.4, 0.5) is 0 Å². The van der Waals surface area contributed by atoms with Crippen LogP contribution in [0.1, 0.15) is 29.8 Å². The molecule has 0 saturated heterocycles. The van der Waals surface area contributed by atoms with Crippen molar-refractivity contribution in [1.82, 2.24) is 29.4 Å². The maximum atomic E-state index is 13.8. The van der Waals surface area contributed by atoms with Gasteiger partial charge in [0.25, 0.3) is 5.56 Å². The number of nitrogens with one attached hydrogen (secondary N) is 1. The second-order valence-corrected chi connectivity index (χ2v) is 8.54. The van der Waals surface area contributed by atoms with Gasteiger partial charge in [-0.05, 0) is 56.2 Å². The molecular weight excluding hydrogens is 440 g/mol. The van der Waals surface area contributed by atoms with Gasteiger partial charge in [-0.3, -0.25) is 9.59 Å². The summed E-state index contributed by atoms with van der Waals surface area (Å²) in [6.07, 6.45) is 3.74. The molecule has 0 radical (unpaired) electrons. The van der Waals surface area contributed by atoms with E-state index in [0.717, 1.165) is 16.8 Å². The van der Waals surface area contributed by atoms with Gasteiger partial charge in [0.2, 0.25) is 5.91 Å². The molecule has 0 aliphatic rings. The second-order valence-electron chi connectivity index (χ2n) is 8.54. The van der Waals surface area contributed by atoms with Crippen LogP contribution in [0, 0.1) is 13.8 Å². The molecule has 0 saturated carbocycles. The zero-order valence-corrected chi connectivity index (χ0v) is 19.8. The fourth-order valence-electron chi connectivity index (χ4n) is 4.20. The van der Waals surface area contributed by atoms with Gasteiger partial charge in [0, 0.05) is 18.9 Å². The van der Waals surface area contributed by atoms with E-state index in [1.807, 2.05) is 90.6 Å². The Hall–Kier alpha value is -4.46. The number of rotatable bonds is 6. The highest BCUT2D eigenvalue weighted by molar-refractivity contribution is 5.88. The highest BCUT2D eigenvalue weighted by atomic mass is 16.2. The number of aromatic nitrogens is 5. The summed E-state index contributed by atoms with van der Waals surface area (Å²) in [6.45, 7) is 5.87. The fourth-order valence-corrected chi connectivity index (χ4v) is 4.20. The van der Waals surface area contributed by atoms with Crippen LogP contribution in [0.2, 0.25) is 0 Å². The van der Waals surface area contributed by atoms with E-state index in [1.54, 1.807) is 18.5 Å². The standard InChI is InChI=1S/C27H26N6O2/c1-18-11-7-8-12-21(18)17-28-25(34)20(3)32-27(35)23-24(19(2)29-32)30-33(22-13-5-4-6-14-22)26(23)31-15-9-10-16-31/h4-16,20H,17H2,1-3H3,(H,28,34)/t20-/m0/s1. The minimum atomic E-state index is -0.799. The van der Waals surface area contributed by atoms with E-state index < -0.39 is 6.04 Å². The second kappa shape index (κ2) is 9.06. The van der Waals surface area contributed by atoms with Crippen LogP contribution in [-0.4, -0.2) is 30.0 Å². The Bertz CT molecular complexity index is 1570. The highest BCUT2D eigenvalue weighted by Gasteiger charge is 2.25. The molecule has 3 heterocycles. The largest absolute Gasteiger partial charge is 0.350 e. The van der Waals surface area contributed by atoms with Crippen molar-refractivity contribution in [2.45, 2.75) is 33.4 Å². The van der Waals surface area contributed by atoms with Gasteiger partial charge < -0.3 is 9.88 Å². The molecule has 8 heteroatoms. The zero-order valence-electron chi connectivity index (χ0n) is 19.8. The summed E-state index contributed by atoms with van der Waals surface area (Å²) in [5.41, 5.74) is 3.65. The first-order chi connectivity index (χ1) is 17.0. The lowest BCUT2D eigenvalue weighted by Gasteiger charge is -2.16. The molecule has 5 aromatic rings. The van der Waals surface area contributed by atoms with Gasteiger partial charge in [-0.1, -0.05) is 42.5 Å². The van der Waals surface area contributed by atoms with E-state index in [9.17, 15) is 9.59 Å². The van der Waals surface area contributed by atoms with Crippen molar-refractivity contribution in [1.29, 1.82) is 0 Å². The van der Waals surface area contributed by atoms with Crippen LogP contribution in [0.5, 0.6) is 0 Å². The number of carbonyl (C=O) groups excluding carboxylic acids is 1. The molecule has 1 amide bonds. The highest BCUT2D eigenvalue weighted by Crippen LogP contribution is 2.25. The lowest BCUT2D eigenvalue weighted by Crippen LogP contribution is -2.37. The van der Waals surface area contributed by atoms with Crippen LogP contribution in [-0.2, 0) is 11.3 Å². The molecule has 0 aliphatic heterocycles. The molecule has 0 bridgehead atoms. The van der Waals surface area contributed by atoms with Gasteiger partial charge in [-0.15, -0.1) is 0 Å². The summed E-state index contributed by atoms with van der Waals surface area (Å²) >= 11 is 0. The van der Waals surface area contributed by atoms with E-state index in [2.05, 4.69) is 10.4 Å². The summed E-state index contributed by atoms with van der Waals surface area (Å²) in [4.78, 5) is 26.8. The monoisotopic (exact) mass is 466 g/mol. The first kappa shape index (κ1) is 22.3. The number of benzene rings is 2. The maximum absolute atomic E-state index is 13.8. The van der Waals surface area contributed by atoms with Gasteiger partial charge >= 0.3 is 0 Å². The Kier molecular flexibility index (Phi) is 5.78.